The van der Waals surface area contributed by atoms with Crippen LogP contribution in [-0.4, -0.2) is 44.4 Å². The highest BCUT2D eigenvalue weighted by Gasteiger charge is 2.30. The van der Waals surface area contributed by atoms with E-state index in [0.29, 0.717) is 18.8 Å². The van der Waals surface area contributed by atoms with Crippen LogP contribution in [-0.2, 0) is 14.8 Å². The zero-order valence-electron chi connectivity index (χ0n) is 13.6. The van der Waals surface area contributed by atoms with Crippen LogP contribution in [0.2, 0.25) is 0 Å². The van der Waals surface area contributed by atoms with Gasteiger partial charge in [0.25, 0.3) is 0 Å². The topological polar surface area (TPSA) is 102 Å². The van der Waals surface area contributed by atoms with Crippen molar-refractivity contribution in [3.8, 4) is 5.75 Å². The van der Waals surface area contributed by atoms with Gasteiger partial charge in [0.05, 0.1) is 12.6 Å². The Hall–Kier alpha value is -1.64. The lowest BCUT2D eigenvalue weighted by molar-refractivity contribution is -0.120. The molecule has 0 saturated carbocycles. The Bertz CT molecular complexity index is 689. The molecule has 1 aliphatic heterocycles. The first-order valence-corrected chi connectivity index (χ1v) is 8.89. The first kappa shape index (κ1) is 17.7. The van der Waals surface area contributed by atoms with Crippen molar-refractivity contribution >= 4 is 21.6 Å². The summed E-state index contributed by atoms with van der Waals surface area (Å²) in [5.41, 5.74) is 5.14. The molecule has 8 heteroatoms. The van der Waals surface area contributed by atoms with E-state index in [1.165, 1.54) is 29.6 Å². The van der Waals surface area contributed by atoms with Crippen molar-refractivity contribution in [1.29, 1.82) is 0 Å². The Labute approximate surface area is 136 Å². The summed E-state index contributed by atoms with van der Waals surface area (Å²) in [6, 6.07) is 4.48. The molecular weight excluding hydrogens is 318 g/mol. The smallest absolute Gasteiger partial charge is 0.246 e. The van der Waals surface area contributed by atoms with E-state index in [1.807, 2.05) is 0 Å². The maximum Gasteiger partial charge on any atom is 0.246 e. The summed E-state index contributed by atoms with van der Waals surface area (Å²) in [5, 5.41) is 2.65. The van der Waals surface area contributed by atoms with Crippen LogP contribution in [0.1, 0.15) is 26.7 Å². The van der Waals surface area contributed by atoms with E-state index in [4.69, 9.17) is 10.5 Å². The quantitative estimate of drug-likeness (QED) is 0.837. The van der Waals surface area contributed by atoms with Gasteiger partial charge >= 0.3 is 0 Å². The molecule has 7 nitrogen and oxygen atoms in total. The van der Waals surface area contributed by atoms with Gasteiger partial charge < -0.3 is 15.8 Å². The first-order valence-electron chi connectivity index (χ1n) is 7.45. The molecule has 1 amide bonds. The summed E-state index contributed by atoms with van der Waals surface area (Å²) >= 11 is 0. The molecule has 1 saturated heterocycles. The zero-order valence-corrected chi connectivity index (χ0v) is 14.4. The number of carbonyl (C=O) groups excluding carboxylic acids is 1. The second kappa shape index (κ2) is 6.46. The van der Waals surface area contributed by atoms with E-state index in [-0.39, 0.29) is 16.6 Å². The monoisotopic (exact) mass is 341 g/mol. The molecule has 128 valence electrons. The molecule has 1 fully saturated rings. The lowest BCUT2D eigenvalue weighted by atomic mass is 10.1. The second-order valence-electron chi connectivity index (χ2n) is 6.15. The summed E-state index contributed by atoms with van der Waals surface area (Å²) in [4.78, 5) is 12.0. The third-order valence-corrected chi connectivity index (χ3v) is 5.63. The molecule has 1 aromatic carbocycles. The van der Waals surface area contributed by atoms with Gasteiger partial charge in [-0.1, -0.05) is 0 Å². The van der Waals surface area contributed by atoms with Crippen LogP contribution in [0.5, 0.6) is 5.75 Å². The normalized spacial score (nSPS) is 16.3. The van der Waals surface area contributed by atoms with Crippen LogP contribution >= 0.6 is 0 Å². The SMILES string of the molecule is COc1cc(NC(=O)C(C)(C)N)ccc1S(=O)(=O)N1CCCC1. The van der Waals surface area contributed by atoms with Crippen molar-refractivity contribution in [2.75, 3.05) is 25.5 Å². The summed E-state index contributed by atoms with van der Waals surface area (Å²) in [6.07, 6.45) is 1.72. The van der Waals surface area contributed by atoms with Gasteiger partial charge in [-0.15, -0.1) is 0 Å². The molecule has 0 aliphatic carbocycles. The van der Waals surface area contributed by atoms with Crippen molar-refractivity contribution in [2.45, 2.75) is 37.1 Å². The molecule has 0 atom stereocenters. The summed E-state index contributed by atoms with van der Waals surface area (Å²) in [5.74, 6) is -0.167. The third-order valence-electron chi connectivity index (χ3n) is 3.69. The van der Waals surface area contributed by atoms with Gasteiger partial charge in [-0.05, 0) is 38.8 Å². The van der Waals surface area contributed by atoms with Gasteiger partial charge in [-0.3, -0.25) is 4.79 Å². The highest BCUT2D eigenvalue weighted by molar-refractivity contribution is 7.89. The average molecular weight is 341 g/mol. The lowest BCUT2D eigenvalue weighted by Crippen LogP contribution is -2.45. The number of sulfonamides is 1. The Kier molecular flexibility index (Phi) is 4.98. The number of benzene rings is 1. The van der Waals surface area contributed by atoms with E-state index < -0.39 is 15.6 Å². The van der Waals surface area contributed by atoms with Gasteiger partial charge in [0.1, 0.15) is 10.6 Å². The Morgan fingerprint density at radius 3 is 2.43 bits per heavy atom. The number of rotatable bonds is 5. The van der Waals surface area contributed by atoms with Crippen LogP contribution < -0.4 is 15.8 Å². The molecule has 2 rings (SSSR count). The Balaban J connectivity index is 2.32. The fourth-order valence-corrected chi connectivity index (χ4v) is 3.97. The van der Waals surface area contributed by atoms with Crippen LogP contribution in [0, 0.1) is 0 Å². The van der Waals surface area contributed by atoms with Crippen molar-refractivity contribution in [1.82, 2.24) is 4.31 Å². The van der Waals surface area contributed by atoms with Gasteiger partial charge in [0.15, 0.2) is 0 Å². The number of methoxy groups -OCH3 is 1. The average Bonchev–Trinajstić information content (AvgIpc) is 3.00. The molecule has 1 heterocycles. The minimum absolute atomic E-state index is 0.104. The van der Waals surface area contributed by atoms with Crippen molar-refractivity contribution in [2.24, 2.45) is 5.73 Å². The van der Waals surface area contributed by atoms with Crippen LogP contribution in [0.15, 0.2) is 23.1 Å². The molecule has 1 aromatic rings. The molecule has 0 unspecified atom stereocenters. The molecule has 0 radical (unpaired) electrons. The fourth-order valence-electron chi connectivity index (χ4n) is 2.32. The van der Waals surface area contributed by atoms with Gasteiger partial charge in [-0.2, -0.15) is 4.31 Å². The van der Waals surface area contributed by atoms with Crippen molar-refractivity contribution < 1.29 is 17.9 Å². The molecule has 0 bridgehead atoms. The molecule has 0 aromatic heterocycles. The van der Waals surface area contributed by atoms with E-state index in [1.54, 1.807) is 13.8 Å². The number of nitrogens with zero attached hydrogens (tertiary/aromatic N) is 1. The van der Waals surface area contributed by atoms with Gasteiger partial charge in [0.2, 0.25) is 15.9 Å². The van der Waals surface area contributed by atoms with Crippen LogP contribution in [0.3, 0.4) is 0 Å². The van der Waals surface area contributed by atoms with E-state index in [0.717, 1.165) is 12.8 Å². The van der Waals surface area contributed by atoms with E-state index in [2.05, 4.69) is 5.32 Å². The highest BCUT2D eigenvalue weighted by Crippen LogP contribution is 2.31. The van der Waals surface area contributed by atoms with Crippen molar-refractivity contribution in [3.63, 3.8) is 0 Å². The molecule has 3 N–H and O–H groups in total. The predicted molar refractivity (Wildman–Crippen MR) is 87.9 cm³/mol. The van der Waals surface area contributed by atoms with Gasteiger partial charge in [0, 0.05) is 24.8 Å². The van der Waals surface area contributed by atoms with Crippen molar-refractivity contribution in [3.05, 3.63) is 18.2 Å². The minimum atomic E-state index is -3.58. The molecular formula is C15H23N3O4S. The standard InChI is InChI=1S/C15H23N3O4S/c1-15(2,16)14(19)17-11-6-7-13(12(10-11)22-3)23(20,21)18-8-4-5-9-18/h6-7,10H,4-5,8-9,16H2,1-3H3,(H,17,19). The first-order chi connectivity index (χ1) is 10.7. The molecule has 1 aliphatic rings. The number of ether oxygens (including phenoxy) is 1. The number of carbonyl (C=O) groups is 1. The molecule has 0 spiro atoms. The predicted octanol–water partition coefficient (Wildman–Crippen LogP) is 1.16. The Morgan fingerprint density at radius 2 is 1.91 bits per heavy atom. The number of amides is 1. The third kappa shape index (κ3) is 3.82. The largest absolute Gasteiger partial charge is 0.495 e. The van der Waals surface area contributed by atoms with E-state index >= 15 is 0 Å². The Morgan fingerprint density at radius 1 is 1.30 bits per heavy atom. The fraction of sp³-hybridized carbons (Fsp3) is 0.533. The highest BCUT2D eigenvalue weighted by atomic mass is 32.2. The summed E-state index contributed by atoms with van der Waals surface area (Å²) in [7, 11) is -2.18. The number of hydrogen-bond acceptors (Lipinski definition) is 5. The number of nitrogens with two attached hydrogens (primary N) is 1. The summed E-state index contributed by atoms with van der Waals surface area (Å²) < 4.78 is 32.0. The number of anilines is 1. The maximum atomic E-state index is 12.6. The summed E-state index contributed by atoms with van der Waals surface area (Å²) in [6.45, 7) is 4.22. The minimum Gasteiger partial charge on any atom is -0.495 e. The zero-order chi connectivity index (χ0) is 17.3. The number of nitrogens with one attached hydrogen (secondary N) is 1. The molecule has 23 heavy (non-hydrogen) atoms. The van der Waals surface area contributed by atoms with E-state index in [9.17, 15) is 13.2 Å². The lowest BCUT2D eigenvalue weighted by Gasteiger charge is -2.20. The van der Waals surface area contributed by atoms with Crippen LogP contribution in [0.4, 0.5) is 5.69 Å². The van der Waals surface area contributed by atoms with Gasteiger partial charge in [-0.25, -0.2) is 8.42 Å². The van der Waals surface area contributed by atoms with Crippen LogP contribution in [0.25, 0.3) is 0 Å². The number of hydrogen-bond donors (Lipinski definition) is 2. The second-order valence-corrected chi connectivity index (χ2v) is 8.06. The maximum absolute atomic E-state index is 12.6.